The Hall–Kier alpha value is -2.93. The second kappa shape index (κ2) is 9.14. The number of benzene rings is 2. The van der Waals surface area contributed by atoms with Gasteiger partial charge in [0, 0.05) is 17.8 Å². The van der Waals surface area contributed by atoms with Crippen LogP contribution < -0.4 is 24.8 Å². The van der Waals surface area contributed by atoms with Crippen molar-refractivity contribution in [3.63, 3.8) is 0 Å². The summed E-state index contributed by atoms with van der Waals surface area (Å²) in [5, 5.41) is 5.32. The molecular formula is C19H21ClN2O5. The standard InChI is InChI=1S/C19H21ClN2O5/c1-11(2)27-13-7-5-12(6-8-13)21-18(23)19(24)22-15-10-16(25-3)14(20)9-17(15)26-4/h5-11H,1-4H3,(H,21,23)(H,22,24). The van der Waals surface area contributed by atoms with Crippen LogP contribution in [0.25, 0.3) is 0 Å². The third-order valence-corrected chi connectivity index (χ3v) is 3.71. The van der Waals surface area contributed by atoms with Crippen LogP contribution in [0.4, 0.5) is 11.4 Å². The summed E-state index contributed by atoms with van der Waals surface area (Å²) in [6.45, 7) is 3.83. The zero-order valence-corrected chi connectivity index (χ0v) is 16.2. The van der Waals surface area contributed by atoms with Gasteiger partial charge in [-0.25, -0.2) is 0 Å². The van der Waals surface area contributed by atoms with Crippen molar-refractivity contribution in [3.05, 3.63) is 41.4 Å². The number of anilines is 2. The Kier molecular flexibility index (Phi) is 6.90. The van der Waals surface area contributed by atoms with Gasteiger partial charge in [0.1, 0.15) is 17.2 Å². The zero-order valence-electron chi connectivity index (χ0n) is 15.5. The summed E-state index contributed by atoms with van der Waals surface area (Å²) in [7, 11) is 2.87. The lowest BCUT2D eigenvalue weighted by Gasteiger charge is -2.13. The molecule has 144 valence electrons. The molecule has 27 heavy (non-hydrogen) atoms. The van der Waals surface area contributed by atoms with Crippen LogP contribution in [0, 0.1) is 0 Å². The van der Waals surface area contributed by atoms with Gasteiger partial charge in [-0.1, -0.05) is 11.6 Å². The van der Waals surface area contributed by atoms with Gasteiger partial charge in [0.05, 0.1) is 31.0 Å². The van der Waals surface area contributed by atoms with Crippen molar-refractivity contribution in [2.75, 3.05) is 24.9 Å². The van der Waals surface area contributed by atoms with Crippen molar-refractivity contribution in [2.24, 2.45) is 0 Å². The van der Waals surface area contributed by atoms with E-state index in [9.17, 15) is 9.59 Å². The number of carbonyl (C=O) groups is 2. The van der Waals surface area contributed by atoms with E-state index in [2.05, 4.69) is 10.6 Å². The van der Waals surface area contributed by atoms with Gasteiger partial charge in [-0.3, -0.25) is 9.59 Å². The predicted molar refractivity (Wildman–Crippen MR) is 104 cm³/mol. The molecule has 0 aromatic heterocycles. The van der Waals surface area contributed by atoms with Crippen molar-refractivity contribution in [2.45, 2.75) is 20.0 Å². The number of methoxy groups -OCH3 is 2. The summed E-state index contributed by atoms with van der Waals surface area (Å²) in [5.74, 6) is -0.375. The Morgan fingerprint density at radius 2 is 1.52 bits per heavy atom. The number of halogens is 1. The van der Waals surface area contributed by atoms with Crippen molar-refractivity contribution in [1.29, 1.82) is 0 Å². The van der Waals surface area contributed by atoms with Gasteiger partial charge in [-0.2, -0.15) is 0 Å². The molecular weight excluding hydrogens is 372 g/mol. The number of hydrogen-bond acceptors (Lipinski definition) is 5. The second-order valence-electron chi connectivity index (χ2n) is 5.79. The molecule has 0 unspecified atom stereocenters. The molecule has 2 N–H and O–H groups in total. The number of ether oxygens (including phenoxy) is 3. The highest BCUT2D eigenvalue weighted by Gasteiger charge is 2.18. The first-order valence-electron chi connectivity index (χ1n) is 8.14. The molecule has 0 spiro atoms. The highest BCUT2D eigenvalue weighted by Crippen LogP contribution is 2.35. The summed E-state index contributed by atoms with van der Waals surface area (Å²) in [4.78, 5) is 24.4. The molecule has 0 fully saturated rings. The Balaban J connectivity index is 2.06. The first-order valence-corrected chi connectivity index (χ1v) is 8.52. The van der Waals surface area contributed by atoms with E-state index >= 15 is 0 Å². The smallest absolute Gasteiger partial charge is 0.314 e. The van der Waals surface area contributed by atoms with Gasteiger partial charge < -0.3 is 24.8 Å². The van der Waals surface area contributed by atoms with Gasteiger partial charge in [-0.05, 0) is 38.1 Å². The number of nitrogens with one attached hydrogen (secondary N) is 2. The molecule has 0 heterocycles. The third-order valence-electron chi connectivity index (χ3n) is 3.41. The first-order chi connectivity index (χ1) is 12.8. The lowest BCUT2D eigenvalue weighted by molar-refractivity contribution is -0.133. The second-order valence-corrected chi connectivity index (χ2v) is 6.19. The van der Waals surface area contributed by atoms with Crippen LogP contribution in [-0.4, -0.2) is 32.1 Å². The molecule has 0 atom stereocenters. The Morgan fingerprint density at radius 3 is 2.07 bits per heavy atom. The van der Waals surface area contributed by atoms with E-state index in [1.54, 1.807) is 24.3 Å². The number of rotatable bonds is 6. The number of carbonyl (C=O) groups excluding carboxylic acids is 2. The van der Waals surface area contributed by atoms with E-state index in [-0.39, 0.29) is 11.8 Å². The molecule has 0 aliphatic carbocycles. The average Bonchev–Trinajstić information content (AvgIpc) is 2.63. The van der Waals surface area contributed by atoms with E-state index < -0.39 is 11.8 Å². The summed E-state index contributed by atoms with van der Waals surface area (Å²) in [5.41, 5.74) is 0.728. The van der Waals surface area contributed by atoms with Gasteiger partial charge in [0.25, 0.3) is 0 Å². The molecule has 8 heteroatoms. The normalized spacial score (nSPS) is 10.3. The molecule has 0 aliphatic rings. The van der Waals surface area contributed by atoms with Crippen LogP contribution in [-0.2, 0) is 9.59 Å². The van der Waals surface area contributed by atoms with Crippen molar-refractivity contribution < 1.29 is 23.8 Å². The lowest BCUT2D eigenvalue weighted by Crippen LogP contribution is -2.29. The molecule has 2 aromatic rings. The van der Waals surface area contributed by atoms with Crippen molar-refractivity contribution in [1.82, 2.24) is 0 Å². The Morgan fingerprint density at radius 1 is 0.926 bits per heavy atom. The number of amides is 2. The molecule has 0 saturated heterocycles. The maximum absolute atomic E-state index is 12.2. The fraction of sp³-hybridized carbons (Fsp3) is 0.263. The highest BCUT2D eigenvalue weighted by molar-refractivity contribution is 6.44. The van der Waals surface area contributed by atoms with Crippen LogP contribution in [0.15, 0.2) is 36.4 Å². The van der Waals surface area contributed by atoms with Crippen LogP contribution in [0.2, 0.25) is 5.02 Å². The quantitative estimate of drug-likeness (QED) is 0.732. The van der Waals surface area contributed by atoms with Crippen LogP contribution in [0.5, 0.6) is 17.2 Å². The van der Waals surface area contributed by atoms with Gasteiger partial charge in [0.2, 0.25) is 0 Å². The topological polar surface area (TPSA) is 85.9 Å². The third kappa shape index (κ3) is 5.52. The van der Waals surface area contributed by atoms with E-state index in [0.29, 0.717) is 28.0 Å². The summed E-state index contributed by atoms with van der Waals surface area (Å²) in [6, 6.07) is 9.68. The molecule has 0 radical (unpaired) electrons. The fourth-order valence-electron chi connectivity index (χ4n) is 2.21. The van der Waals surface area contributed by atoms with E-state index in [1.165, 1.54) is 26.4 Å². The number of hydrogen-bond donors (Lipinski definition) is 2. The molecule has 7 nitrogen and oxygen atoms in total. The van der Waals surface area contributed by atoms with Gasteiger partial charge >= 0.3 is 11.8 Å². The lowest BCUT2D eigenvalue weighted by atomic mass is 10.2. The largest absolute Gasteiger partial charge is 0.495 e. The summed E-state index contributed by atoms with van der Waals surface area (Å²) >= 11 is 6.02. The maximum atomic E-state index is 12.2. The van der Waals surface area contributed by atoms with Crippen molar-refractivity contribution >= 4 is 34.8 Å². The van der Waals surface area contributed by atoms with Gasteiger partial charge in [0.15, 0.2) is 0 Å². The molecule has 2 aromatic carbocycles. The molecule has 0 bridgehead atoms. The fourth-order valence-corrected chi connectivity index (χ4v) is 2.44. The Labute approximate surface area is 162 Å². The zero-order chi connectivity index (χ0) is 20.0. The predicted octanol–water partition coefficient (Wildman–Crippen LogP) is 3.72. The minimum Gasteiger partial charge on any atom is -0.495 e. The molecule has 2 amide bonds. The summed E-state index contributed by atoms with van der Waals surface area (Å²) < 4.78 is 15.8. The van der Waals surface area contributed by atoms with E-state index in [1.807, 2.05) is 13.8 Å². The molecule has 0 aliphatic heterocycles. The van der Waals surface area contributed by atoms with E-state index in [4.69, 9.17) is 25.8 Å². The van der Waals surface area contributed by atoms with Crippen molar-refractivity contribution in [3.8, 4) is 17.2 Å². The maximum Gasteiger partial charge on any atom is 0.314 e. The monoisotopic (exact) mass is 392 g/mol. The van der Waals surface area contributed by atoms with Crippen LogP contribution >= 0.6 is 11.6 Å². The minimum absolute atomic E-state index is 0.0440. The van der Waals surface area contributed by atoms with Gasteiger partial charge in [-0.15, -0.1) is 0 Å². The highest BCUT2D eigenvalue weighted by atomic mass is 35.5. The van der Waals surface area contributed by atoms with E-state index in [0.717, 1.165) is 0 Å². The SMILES string of the molecule is COc1cc(NC(=O)C(=O)Nc2ccc(OC(C)C)cc2)c(OC)cc1Cl. The first kappa shape index (κ1) is 20.4. The Bertz CT molecular complexity index is 822. The summed E-state index contributed by atoms with van der Waals surface area (Å²) in [6.07, 6.45) is 0.0440. The average molecular weight is 393 g/mol. The van der Waals surface area contributed by atoms with Crippen LogP contribution in [0.3, 0.4) is 0 Å². The minimum atomic E-state index is -0.861. The van der Waals surface area contributed by atoms with Crippen LogP contribution in [0.1, 0.15) is 13.8 Å². The molecule has 0 saturated carbocycles. The molecule has 2 rings (SSSR count).